The third-order valence-electron chi connectivity index (χ3n) is 6.48. The number of alkyl halides is 5. The van der Waals surface area contributed by atoms with E-state index in [1.807, 2.05) is 0 Å². The first-order valence-electron chi connectivity index (χ1n) is 11.7. The molecule has 14 heteroatoms. The van der Waals surface area contributed by atoms with Gasteiger partial charge in [-0.15, -0.1) is 0 Å². The summed E-state index contributed by atoms with van der Waals surface area (Å²) in [6.07, 6.45) is -3.48. The van der Waals surface area contributed by atoms with Gasteiger partial charge in [0.2, 0.25) is 5.91 Å². The van der Waals surface area contributed by atoms with Gasteiger partial charge in [-0.1, -0.05) is 17.3 Å². The summed E-state index contributed by atoms with van der Waals surface area (Å²) in [5.41, 5.74) is -1.20. The van der Waals surface area contributed by atoms with Crippen LogP contribution in [0.2, 0.25) is 0 Å². The molecule has 0 atom stereocenters. The Morgan fingerprint density at radius 2 is 1.85 bits per heavy atom. The molecule has 0 radical (unpaired) electrons. The first-order valence-corrected chi connectivity index (χ1v) is 11.7. The predicted octanol–water partition coefficient (Wildman–Crippen LogP) is 5.31. The summed E-state index contributed by atoms with van der Waals surface area (Å²) in [6.45, 7) is 0. The fraction of sp³-hybridized carbons (Fsp3) is 0.320. The second-order valence-electron chi connectivity index (χ2n) is 9.27. The summed E-state index contributed by atoms with van der Waals surface area (Å²) >= 11 is 0. The summed E-state index contributed by atoms with van der Waals surface area (Å²) < 4.78 is 86.9. The van der Waals surface area contributed by atoms with E-state index in [1.165, 1.54) is 42.5 Å². The molecule has 0 unspecified atom stereocenters. The zero-order chi connectivity index (χ0) is 27.9. The Labute approximate surface area is 217 Å². The fourth-order valence-electron chi connectivity index (χ4n) is 4.22. The number of aromatic nitrogens is 5. The van der Waals surface area contributed by atoms with E-state index in [0.29, 0.717) is 16.7 Å². The fourth-order valence-corrected chi connectivity index (χ4v) is 4.22. The smallest absolute Gasteiger partial charge is 0.358 e. The third kappa shape index (κ3) is 5.36. The summed E-state index contributed by atoms with van der Waals surface area (Å²) in [5.74, 6) is -1.67. The maximum absolute atomic E-state index is 14.8. The number of nitrogens with one attached hydrogen (secondary N) is 1. The molecule has 4 aromatic rings. The number of amides is 1. The molecule has 1 aliphatic rings. The number of carbonyl (C=O) groups is 1. The maximum atomic E-state index is 14.8. The molecule has 1 amide bonds. The lowest BCUT2D eigenvalue weighted by molar-refractivity contribution is -0.165. The van der Waals surface area contributed by atoms with Crippen molar-refractivity contribution in [1.82, 2.24) is 24.9 Å². The van der Waals surface area contributed by atoms with Gasteiger partial charge in [0.15, 0.2) is 11.6 Å². The van der Waals surface area contributed by atoms with Crippen molar-refractivity contribution < 1.29 is 35.7 Å². The molecule has 3 heterocycles. The van der Waals surface area contributed by atoms with Gasteiger partial charge in [-0.05, 0) is 30.0 Å². The highest BCUT2D eigenvalue weighted by atomic mass is 19.4. The van der Waals surface area contributed by atoms with E-state index in [0.717, 1.165) is 6.07 Å². The van der Waals surface area contributed by atoms with Crippen LogP contribution in [0.25, 0.3) is 11.1 Å². The van der Waals surface area contributed by atoms with Crippen LogP contribution in [0, 0.1) is 5.82 Å². The van der Waals surface area contributed by atoms with Crippen molar-refractivity contribution in [2.75, 3.05) is 5.32 Å². The molecular weight excluding hydrogens is 530 g/mol. The van der Waals surface area contributed by atoms with Gasteiger partial charge in [0, 0.05) is 49.3 Å². The molecule has 0 saturated heterocycles. The number of hydrogen-bond acceptors (Lipinski definition) is 6. The Balaban J connectivity index is 1.22. The zero-order valence-corrected chi connectivity index (χ0v) is 20.3. The van der Waals surface area contributed by atoms with Crippen LogP contribution in [-0.4, -0.2) is 37.0 Å². The van der Waals surface area contributed by atoms with Gasteiger partial charge in [0.05, 0.1) is 6.42 Å². The number of aryl methyl sites for hydroxylation is 1. The lowest BCUT2D eigenvalue weighted by Crippen LogP contribution is -2.28. The second-order valence-corrected chi connectivity index (χ2v) is 9.27. The van der Waals surface area contributed by atoms with Gasteiger partial charge >= 0.3 is 6.18 Å². The van der Waals surface area contributed by atoms with Gasteiger partial charge in [-0.25, -0.2) is 23.1 Å². The quantitative estimate of drug-likeness (QED) is 0.299. The topological polar surface area (TPSA) is 98.7 Å². The minimum absolute atomic E-state index is 0.0421. The van der Waals surface area contributed by atoms with Crippen LogP contribution in [-0.2, 0) is 30.1 Å². The lowest BCUT2D eigenvalue weighted by Gasteiger charge is -2.14. The Hall–Kier alpha value is -4.23. The largest absolute Gasteiger partial charge is 0.401 e. The molecule has 39 heavy (non-hydrogen) atoms. The average Bonchev–Trinajstić information content (AvgIpc) is 3.44. The van der Waals surface area contributed by atoms with E-state index in [2.05, 4.69) is 25.5 Å². The Kier molecular flexibility index (Phi) is 6.64. The van der Waals surface area contributed by atoms with Crippen LogP contribution in [0.3, 0.4) is 0 Å². The number of carbonyl (C=O) groups excluding carboxylic acids is 1. The molecule has 3 aromatic heterocycles. The minimum atomic E-state index is -4.48. The van der Waals surface area contributed by atoms with Gasteiger partial charge in [0.1, 0.15) is 22.8 Å². The molecule has 1 fully saturated rings. The minimum Gasteiger partial charge on any atom is -0.358 e. The van der Waals surface area contributed by atoms with Crippen LogP contribution in [0.5, 0.6) is 0 Å². The molecule has 5 rings (SSSR count). The maximum Gasteiger partial charge on any atom is 0.401 e. The molecule has 8 nitrogen and oxygen atoms in total. The predicted molar refractivity (Wildman–Crippen MR) is 124 cm³/mol. The Morgan fingerprint density at radius 1 is 1.13 bits per heavy atom. The van der Waals surface area contributed by atoms with Crippen LogP contribution >= 0.6 is 0 Å². The van der Waals surface area contributed by atoms with Crippen molar-refractivity contribution in [3.05, 3.63) is 77.1 Å². The van der Waals surface area contributed by atoms with Crippen LogP contribution in [0.4, 0.5) is 32.2 Å². The first-order chi connectivity index (χ1) is 18.4. The molecule has 1 aromatic carbocycles. The van der Waals surface area contributed by atoms with Crippen LogP contribution < -0.4 is 5.32 Å². The SMILES string of the molecule is Cn1cc(Cc2ncc(-c3ccc(CC(=O)Nc4cc(C5(C(F)(F)F)CC5)on4)c(F)c3)cn2)c(C(F)F)n1. The van der Waals surface area contributed by atoms with E-state index in [9.17, 15) is 31.1 Å². The van der Waals surface area contributed by atoms with Crippen molar-refractivity contribution in [2.45, 2.75) is 43.7 Å². The Morgan fingerprint density at radius 3 is 2.46 bits per heavy atom. The highest BCUT2D eigenvalue weighted by molar-refractivity contribution is 5.91. The molecule has 1 aliphatic carbocycles. The van der Waals surface area contributed by atoms with E-state index >= 15 is 0 Å². The highest BCUT2D eigenvalue weighted by Crippen LogP contribution is 2.59. The molecular formula is C25H20F6N6O2. The summed E-state index contributed by atoms with van der Waals surface area (Å²) in [5, 5.41) is 9.56. The van der Waals surface area contributed by atoms with E-state index in [-0.39, 0.29) is 47.9 Å². The van der Waals surface area contributed by atoms with Crippen molar-refractivity contribution in [3.63, 3.8) is 0 Å². The Bertz CT molecular complexity index is 1510. The second kappa shape index (κ2) is 9.82. The van der Waals surface area contributed by atoms with Crippen molar-refractivity contribution in [1.29, 1.82) is 0 Å². The summed E-state index contributed by atoms with van der Waals surface area (Å²) in [7, 11) is 1.53. The van der Waals surface area contributed by atoms with Gasteiger partial charge in [-0.3, -0.25) is 9.48 Å². The average molecular weight is 550 g/mol. The molecule has 1 N–H and O–H groups in total. The standard InChI is InChI=1S/C25H20F6N6O2/c1-37-12-15(22(35-37)23(27)28)7-19-32-10-16(11-33-19)13-2-3-14(17(26)6-13)8-21(38)34-20-9-18(39-36-20)24(4-5-24)25(29,30)31/h2-3,6,9-12,23H,4-5,7-8H2,1H3,(H,34,36,38). The molecule has 1 saturated carbocycles. The highest BCUT2D eigenvalue weighted by Gasteiger charge is 2.66. The zero-order valence-electron chi connectivity index (χ0n) is 20.3. The molecule has 0 spiro atoms. The lowest BCUT2D eigenvalue weighted by atomic mass is 10.0. The van der Waals surface area contributed by atoms with Gasteiger partial charge in [0.25, 0.3) is 6.43 Å². The number of halogens is 6. The van der Waals surface area contributed by atoms with E-state index in [4.69, 9.17) is 4.52 Å². The van der Waals surface area contributed by atoms with Crippen molar-refractivity contribution in [3.8, 4) is 11.1 Å². The third-order valence-corrected chi connectivity index (χ3v) is 6.48. The summed E-state index contributed by atoms with van der Waals surface area (Å²) in [6, 6.07) is 5.16. The number of nitrogens with zero attached hydrogens (tertiary/aromatic N) is 5. The number of rotatable bonds is 8. The number of anilines is 1. The van der Waals surface area contributed by atoms with Crippen molar-refractivity contribution >= 4 is 11.7 Å². The van der Waals surface area contributed by atoms with E-state index < -0.39 is 36.2 Å². The number of hydrogen-bond donors (Lipinski definition) is 1. The molecule has 0 aliphatic heterocycles. The van der Waals surface area contributed by atoms with Gasteiger partial charge < -0.3 is 9.84 Å². The summed E-state index contributed by atoms with van der Waals surface area (Å²) in [4.78, 5) is 20.7. The van der Waals surface area contributed by atoms with Crippen molar-refractivity contribution in [2.24, 2.45) is 7.05 Å². The molecule has 0 bridgehead atoms. The van der Waals surface area contributed by atoms with Gasteiger partial charge in [-0.2, -0.15) is 18.3 Å². The van der Waals surface area contributed by atoms with E-state index in [1.54, 1.807) is 6.07 Å². The number of benzene rings is 1. The first kappa shape index (κ1) is 26.4. The molecule has 204 valence electrons. The normalized spacial score (nSPS) is 14.6. The van der Waals surface area contributed by atoms with Crippen LogP contribution in [0.1, 0.15) is 47.7 Å². The van der Waals surface area contributed by atoms with Crippen LogP contribution in [0.15, 0.2) is 47.4 Å². The monoisotopic (exact) mass is 550 g/mol.